The number of hydrogen-bond donors (Lipinski definition) is 3. The zero-order valence-electron chi connectivity index (χ0n) is 7.27. The quantitative estimate of drug-likeness (QED) is 0.603. The monoisotopic (exact) mass is 200 g/mol. The van der Waals surface area contributed by atoms with Crippen molar-refractivity contribution in [1.82, 2.24) is 0 Å². The molecule has 0 aliphatic heterocycles. The van der Waals surface area contributed by atoms with E-state index in [9.17, 15) is 0 Å². The minimum Gasteiger partial charge on any atom is -0.480 e. The van der Waals surface area contributed by atoms with Crippen molar-refractivity contribution in [3.63, 3.8) is 0 Å². The highest BCUT2D eigenvalue weighted by molar-refractivity contribution is 6.49. The Bertz CT molecular complexity index is 282. The predicted molar refractivity (Wildman–Crippen MR) is 48.9 cm³/mol. The maximum atomic E-state index is 8.72. The van der Waals surface area contributed by atoms with Crippen LogP contribution >= 0.6 is 0 Å². The van der Waals surface area contributed by atoms with Crippen LogP contribution in [-0.4, -0.2) is 23.4 Å². The Morgan fingerprint density at radius 3 is 2.38 bits per heavy atom. The molecule has 0 saturated carbocycles. The number of para-hydroxylation sites is 1. The van der Waals surface area contributed by atoms with Crippen LogP contribution in [0.25, 0.3) is 0 Å². The molecule has 0 saturated heterocycles. The maximum Gasteiger partial charge on any atom is 0.741 e. The van der Waals surface area contributed by atoms with E-state index in [-0.39, 0.29) is 0 Å². The first-order valence-corrected chi connectivity index (χ1v) is 5.72. The van der Waals surface area contributed by atoms with Gasteiger partial charge >= 0.3 is 9.05 Å². The maximum absolute atomic E-state index is 8.72. The van der Waals surface area contributed by atoms with Crippen molar-refractivity contribution in [1.29, 1.82) is 0 Å². The second-order valence-corrected chi connectivity index (χ2v) is 3.99. The van der Waals surface area contributed by atoms with Crippen molar-refractivity contribution in [3.05, 3.63) is 29.8 Å². The topological polar surface area (TPSA) is 69.9 Å². The molecule has 0 heterocycles. The van der Waals surface area contributed by atoms with Gasteiger partial charge < -0.3 is 18.8 Å². The van der Waals surface area contributed by atoms with Gasteiger partial charge in [-0.15, -0.1) is 0 Å². The molecule has 0 atom stereocenters. The molecule has 0 bridgehead atoms. The number of aryl methyl sites for hydroxylation is 1. The highest BCUT2D eigenvalue weighted by Gasteiger charge is 2.33. The lowest BCUT2D eigenvalue weighted by Crippen LogP contribution is -2.42. The van der Waals surface area contributed by atoms with Crippen LogP contribution in [0.3, 0.4) is 0 Å². The van der Waals surface area contributed by atoms with E-state index in [0.29, 0.717) is 12.2 Å². The van der Waals surface area contributed by atoms with Crippen LogP contribution in [0.5, 0.6) is 5.75 Å². The molecule has 13 heavy (non-hydrogen) atoms. The highest BCUT2D eigenvalue weighted by atomic mass is 28.4. The lowest BCUT2D eigenvalue weighted by Gasteiger charge is -2.14. The SMILES string of the molecule is CCc1ccccc1O[Si](O)(O)O. The Balaban J connectivity index is 2.87. The molecule has 0 aromatic heterocycles. The number of benzene rings is 1. The third-order valence-electron chi connectivity index (χ3n) is 1.60. The first-order valence-electron chi connectivity index (χ1n) is 3.97. The normalized spacial score (nSPS) is 11.4. The van der Waals surface area contributed by atoms with Gasteiger partial charge in [-0.05, 0) is 18.1 Å². The molecule has 0 amide bonds. The van der Waals surface area contributed by atoms with Crippen molar-refractivity contribution < 1.29 is 18.8 Å². The molecule has 3 N–H and O–H groups in total. The van der Waals surface area contributed by atoms with Gasteiger partial charge in [0.2, 0.25) is 0 Å². The summed E-state index contributed by atoms with van der Waals surface area (Å²) in [6, 6.07) is 6.91. The molecule has 0 radical (unpaired) electrons. The summed E-state index contributed by atoms with van der Waals surface area (Å²) in [4.78, 5) is 26.2. The summed E-state index contributed by atoms with van der Waals surface area (Å²) < 4.78 is 4.63. The third-order valence-corrected chi connectivity index (χ3v) is 2.09. The smallest absolute Gasteiger partial charge is 0.480 e. The largest absolute Gasteiger partial charge is 0.741 e. The molecule has 0 fully saturated rings. The van der Waals surface area contributed by atoms with Crippen LogP contribution in [0, 0.1) is 0 Å². The van der Waals surface area contributed by atoms with E-state index in [0.717, 1.165) is 5.56 Å². The van der Waals surface area contributed by atoms with Gasteiger partial charge in [-0.3, -0.25) is 0 Å². The number of hydrogen-bond acceptors (Lipinski definition) is 4. The van der Waals surface area contributed by atoms with Crippen molar-refractivity contribution in [2.75, 3.05) is 0 Å². The molecule has 0 unspecified atom stereocenters. The fraction of sp³-hybridized carbons (Fsp3) is 0.250. The fourth-order valence-electron chi connectivity index (χ4n) is 1.04. The number of rotatable bonds is 3. The average Bonchev–Trinajstić information content (AvgIpc) is 2.02. The van der Waals surface area contributed by atoms with Gasteiger partial charge in [-0.1, -0.05) is 25.1 Å². The molecule has 72 valence electrons. The fourth-order valence-corrected chi connectivity index (χ4v) is 1.54. The zero-order valence-corrected chi connectivity index (χ0v) is 8.27. The summed E-state index contributed by atoms with van der Waals surface area (Å²) in [5.41, 5.74) is 0.830. The summed E-state index contributed by atoms with van der Waals surface area (Å²) in [6.45, 7) is 1.91. The van der Waals surface area contributed by atoms with Crippen molar-refractivity contribution in [2.45, 2.75) is 13.3 Å². The first-order chi connectivity index (χ1) is 6.03. The molecular formula is C8H12O4Si. The Morgan fingerprint density at radius 2 is 1.85 bits per heavy atom. The Morgan fingerprint density at radius 1 is 1.23 bits per heavy atom. The van der Waals surface area contributed by atoms with E-state index >= 15 is 0 Å². The predicted octanol–water partition coefficient (Wildman–Crippen LogP) is 0.0403. The lowest BCUT2D eigenvalue weighted by atomic mass is 10.1. The molecule has 1 aromatic rings. The van der Waals surface area contributed by atoms with E-state index in [1.807, 2.05) is 13.0 Å². The molecule has 4 nitrogen and oxygen atoms in total. The van der Waals surface area contributed by atoms with E-state index < -0.39 is 9.05 Å². The van der Waals surface area contributed by atoms with Crippen LogP contribution in [0.4, 0.5) is 0 Å². The van der Waals surface area contributed by atoms with Crippen LogP contribution in [-0.2, 0) is 6.42 Å². The molecule has 1 rings (SSSR count). The van der Waals surface area contributed by atoms with Crippen LogP contribution in [0.15, 0.2) is 24.3 Å². The van der Waals surface area contributed by atoms with E-state index in [1.165, 1.54) is 0 Å². The molecule has 5 heteroatoms. The van der Waals surface area contributed by atoms with E-state index in [4.69, 9.17) is 14.4 Å². The Hall–Kier alpha value is -0.883. The van der Waals surface area contributed by atoms with E-state index in [1.54, 1.807) is 18.2 Å². The summed E-state index contributed by atoms with van der Waals surface area (Å²) in [7, 11) is -4.45. The van der Waals surface area contributed by atoms with Gasteiger partial charge in [0.25, 0.3) is 0 Å². The van der Waals surface area contributed by atoms with Crippen LogP contribution < -0.4 is 4.43 Å². The Labute approximate surface area is 77.5 Å². The van der Waals surface area contributed by atoms with Gasteiger partial charge in [-0.25, -0.2) is 0 Å². The second kappa shape index (κ2) is 3.88. The Kier molecular flexibility index (Phi) is 3.05. The second-order valence-electron chi connectivity index (χ2n) is 2.64. The van der Waals surface area contributed by atoms with Crippen LogP contribution in [0.1, 0.15) is 12.5 Å². The summed E-state index contributed by atoms with van der Waals surface area (Å²) in [5, 5.41) is 0. The highest BCUT2D eigenvalue weighted by Crippen LogP contribution is 2.19. The average molecular weight is 200 g/mol. The molecule has 0 aliphatic carbocycles. The third kappa shape index (κ3) is 3.15. The summed E-state index contributed by atoms with van der Waals surface area (Å²) in [5.74, 6) is 0.323. The van der Waals surface area contributed by atoms with Gasteiger partial charge in [0.1, 0.15) is 5.75 Å². The lowest BCUT2D eigenvalue weighted by molar-refractivity contribution is 0.128. The van der Waals surface area contributed by atoms with Crippen LogP contribution in [0.2, 0.25) is 0 Å². The molecule has 1 aromatic carbocycles. The minimum absolute atomic E-state index is 0.323. The minimum atomic E-state index is -4.45. The van der Waals surface area contributed by atoms with Gasteiger partial charge in [0.05, 0.1) is 0 Å². The first kappa shape index (κ1) is 10.2. The zero-order chi connectivity index (χ0) is 9.90. The molecule has 0 aliphatic rings. The molecule has 0 spiro atoms. The summed E-state index contributed by atoms with van der Waals surface area (Å²) >= 11 is 0. The van der Waals surface area contributed by atoms with Gasteiger partial charge in [0.15, 0.2) is 0 Å². The summed E-state index contributed by atoms with van der Waals surface area (Å²) in [6.07, 6.45) is 0.709. The molecular weight excluding hydrogens is 188 g/mol. The van der Waals surface area contributed by atoms with Gasteiger partial charge in [0, 0.05) is 0 Å². The van der Waals surface area contributed by atoms with Crippen molar-refractivity contribution in [3.8, 4) is 5.75 Å². The van der Waals surface area contributed by atoms with Gasteiger partial charge in [-0.2, -0.15) is 0 Å². The standard InChI is InChI=1S/C8H12O4Si/c1-2-7-5-3-4-6-8(7)12-13(9,10)11/h3-6,9-11H,2H2,1H3. The van der Waals surface area contributed by atoms with E-state index in [2.05, 4.69) is 4.43 Å². The van der Waals surface area contributed by atoms with Crippen molar-refractivity contribution in [2.24, 2.45) is 0 Å². The van der Waals surface area contributed by atoms with Crippen molar-refractivity contribution >= 4 is 9.05 Å².